The number of carbonyl (C=O) groups is 2. The van der Waals surface area contributed by atoms with Gasteiger partial charge < -0.3 is 20.1 Å². The number of halogens is 2. The lowest BCUT2D eigenvalue weighted by molar-refractivity contribution is -0.120. The fourth-order valence-corrected chi connectivity index (χ4v) is 3.22. The number of anilines is 2. The van der Waals surface area contributed by atoms with Crippen molar-refractivity contribution in [3.8, 4) is 11.5 Å². The number of rotatable bonds is 8. The number of nitrogens with one attached hydrogen (secondary N) is 2. The number of carbonyl (C=O) groups excluding carboxylic acids is 2. The minimum absolute atomic E-state index is 0.128. The van der Waals surface area contributed by atoms with Gasteiger partial charge in [0.15, 0.2) is 0 Å². The van der Waals surface area contributed by atoms with Crippen LogP contribution in [0.1, 0.15) is 26.7 Å². The molecule has 0 spiro atoms. The van der Waals surface area contributed by atoms with Crippen molar-refractivity contribution < 1.29 is 19.1 Å². The van der Waals surface area contributed by atoms with Crippen LogP contribution in [0.25, 0.3) is 0 Å². The number of amides is 2. The molecule has 2 N–H and O–H groups in total. The molecule has 0 aliphatic heterocycles. The van der Waals surface area contributed by atoms with Crippen LogP contribution in [0.15, 0.2) is 36.4 Å². The zero-order valence-corrected chi connectivity index (χ0v) is 18.3. The van der Waals surface area contributed by atoms with Crippen LogP contribution >= 0.6 is 23.2 Å². The molecule has 156 valence electrons. The summed E-state index contributed by atoms with van der Waals surface area (Å²) in [4.78, 5) is 25.0. The number of methoxy groups -OCH3 is 2. The Kier molecular flexibility index (Phi) is 7.76. The molecule has 0 aliphatic rings. The van der Waals surface area contributed by atoms with E-state index in [0.717, 1.165) is 0 Å². The molecular weight excluding hydrogens is 415 g/mol. The lowest BCUT2D eigenvalue weighted by atomic mass is 9.85. The van der Waals surface area contributed by atoms with Crippen LogP contribution in [-0.4, -0.2) is 26.0 Å². The predicted octanol–water partition coefficient (Wildman–Crippen LogP) is 5.39. The van der Waals surface area contributed by atoms with Gasteiger partial charge >= 0.3 is 0 Å². The lowest BCUT2D eigenvalue weighted by Crippen LogP contribution is -2.27. The summed E-state index contributed by atoms with van der Waals surface area (Å²) in [6.45, 7) is 3.69. The average molecular weight is 439 g/mol. The fourth-order valence-electron chi connectivity index (χ4n) is 2.88. The Bertz CT molecular complexity index is 829. The molecule has 0 saturated carbocycles. The van der Waals surface area contributed by atoms with E-state index in [2.05, 4.69) is 10.6 Å². The van der Waals surface area contributed by atoms with E-state index < -0.39 is 5.41 Å². The minimum Gasteiger partial charge on any atom is -0.495 e. The maximum Gasteiger partial charge on any atom is 0.225 e. The van der Waals surface area contributed by atoms with E-state index >= 15 is 0 Å². The molecule has 8 heteroatoms. The number of ether oxygens (including phenoxy) is 2. The van der Waals surface area contributed by atoms with E-state index in [9.17, 15) is 9.59 Å². The van der Waals surface area contributed by atoms with Gasteiger partial charge in [-0.15, -0.1) is 0 Å². The Morgan fingerprint density at radius 3 is 1.55 bits per heavy atom. The highest BCUT2D eigenvalue weighted by molar-refractivity contribution is 6.31. The molecule has 0 aromatic heterocycles. The number of hydrogen-bond donors (Lipinski definition) is 2. The third-order valence-corrected chi connectivity index (χ3v) is 4.62. The molecular formula is C21H24Cl2N2O4. The van der Waals surface area contributed by atoms with Crippen molar-refractivity contribution >= 4 is 46.4 Å². The molecule has 0 atom stereocenters. The Morgan fingerprint density at radius 2 is 1.21 bits per heavy atom. The highest BCUT2D eigenvalue weighted by Crippen LogP contribution is 2.32. The first kappa shape index (κ1) is 22.8. The van der Waals surface area contributed by atoms with Crippen LogP contribution in [0.3, 0.4) is 0 Å². The van der Waals surface area contributed by atoms with Gasteiger partial charge in [-0.3, -0.25) is 9.59 Å². The van der Waals surface area contributed by atoms with Crippen molar-refractivity contribution in [3.63, 3.8) is 0 Å². The van der Waals surface area contributed by atoms with Crippen molar-refractivity contribution in [2.45, 2.75) is 26.7 Å². The van der Waals surface area contributed by atoms with Crippen LogP contribution in [0, 0.1) is 5.41 Å². The number of hydrogen-bond acceptors (Lipinski definition) is 4. The molecule has 29 heavy (non-hydrogen) atoms. The summed E-state index contributed by atoms with van der Waals surface area (Å²) in [5.41, 5.74) is 0.369. The first-order valence-corrected chi connectivity index (χ1v) is 9.66. The molecule has 0 saturated heterocycles. The van der Waals surface area contributed by atoms with Gasteiger partial charge in [0.1, 0.15) is 11.5 Å². The second kappa shape index (κ2) is 9.85. The summed E-state index contributed by atoms with van der Waals surface area (Å²) in [5.74, 6) is 0.519. The largest absolute Gasteiger partial charge is 0.495 e. The summed E-state index contributed by atoms with van der Waals surface area (Å²) in [7, 11) is 3.02. The van der Waals surface area contributed by atoms with E-state index in [0.29, 0.717) is 32.9 Å². The lowest BCUT2D eigenvalue weighted by Gasteiger charge is -2.24. The monoisotopic (exact) mass is 438 g/mol. The van der Waals surface area contributed by atoms with Crippen LogP contribution in [0.5, 0.6) is 11.5 Å². The van der Waals surface area contributed by atoms with Gasteiger partial charge in [0.2, 0.25) is 11.8 Å². The smallest absolute Gasteiger partial charge is 0.225 e. The highest BCUT2D eigenvalue weighted by Gasteiger charge is 2.26. The summed E-state index contributed by atoms with van der Waals surface area (Å²) in [5, 5.41) is 6.54. The molecule has 0 heterocycles. The van der Waals surface area contributed by atoms with Gasteiger partial charge in [-0.25, -0.2) is 0 Å². The average Bonchev–Trinajstić information content (AvgIpc) is 2.60. The van der Waals surface area contributed by atoms with Crippen LogP contribution in [-0.2, 0) is 9.59 Å². The first-order chi connectivity index (χ1) is 13.6. The second-order valence-electron chi connectivity index (χ2n) is 7.30. The topological polar surface area (TPSA) is 76.7 Å². The molecule has 0 radical (unpaired) electrons. The van der Waals surface area contributed by atoms with Gasteiger partial charge in [0, 0.05) is 22.9 Å². The molecule has 0 fully saturated rings. The van der Waals surface area contributed by atoms with E-state index in [-0.39, 0.29) is 24.7 Å². The Morgan fingerprint density at radius 1 is 0.828 bits per heavy atom. The van der Waals surface area contributed by atoms with Crippen molar-refractivity contribution in [1.29, 1.82) is 0 Å². The van der Waals surface area contributed by atoms with E-state index in [1.165, 1.54) is 14.2 Å². The van der Waals surface area contributed by atoms with Crippen LogP contribution in [0.2, 0.25) is 10.0 Å². The summed E-state index contributed by atoms with van der Waals surface area (Å²) in [6, 6.07) is 9.93. The molecule has 6 nitrogen and oxygen atoms in total. The molecule has 0 unspecified atom stereocenters. The van der Waals surface area contributed by atoms with Gasteiger partial charge in [-0.1, -0.05) is 37.0 Å². The van der Waals surface area contributed by atoms with Crippen molar-refractivity contribution in [1.82, 2.24) is 0 Å². The Hall–Kier alpha value is -2.44. The van der Waals surface area contributed by atoms with E-state index in [1.807, 2.05) is 13.8 Å². The molecule has 2 rings (SSSR count). The molecule has 0 aliphatic carbocycles. The normalized spacial score (nSPS) is 11.0. The van der Waals surface area contributed by atoms with Crippen molar-refractivity contribution in [2.24, 2.45) is 5.41 Å². The quantitative estimate of drug-likeness (QED) is 0.578. The Labute approximate surface area is 180 Å². The fraction of sp³-hybridized carbons (Fsp3) is 0.333. The standard InChI is InChI=1S/C21H24Cl2N2O4/c1-21(2,11-19(26)24-15-9-13(22)5-7-17(15)28-3)12-20(27)25-16-10-14(23)6-8-18(16)29-4/h5-10H,11-12H2,1-4H3,(H,24,26)(H,25,27). The van der Waals surface area contributed by atoms with Crippen molar-refractivity contribution in [2.75, 3.05) is 24.9 Å². The van der Waals surface area contributed by atoms with Gasteiger partial charge in [-0.2, -0.15) is 0 Å². The zero-order chi connectivity index (χ0) is 21.6. The van der Waals surface area contributed by atoms with Crippen LogP contribution < -0.4 is 20.1 Å². The molecule has 2 aromatic carbocycles. The summed E-state index contributed by atoms with van der Waals surface area (Å²) < 4.78 is 10.5. The second-order valence-corrected chi connectivity index (χ2v) is 8.18. The maximum absolute atomic E-state index is 12.5. The van der Waals surface area contributed by atoms with Gasteiger partial charge in [-0.05, 0) is 41.8 Å². The summed E-state index contributed by atoms with van der Waals surface area (Å²) in [6.07, 6.45) is 0.255. The third-order valence-electron chi connectivity index (χ3n) is 4.15. The number of benzene rings is 2. The maximum atomic E-state index is 12.5. The van der Waals surface area contributed by atoms with Crippen LogP contribution in [0.4, 0.5) is 11.4 Å². The highest BCUT2D eigenvalue weighted by atomic mass is 35.5. The van der Waals surface area contributed by atoms with Gasteiger partial charge in [0.05, 0.1) is 25.6 Å². The zero-order valence-electron chi connectivity index (χ0n) is 16.8. The third kappa shape index (κ3) is 6.84. The van der Waals surface area contributed by atoms with Gasteiger partial charge in [0.25, 0.3) is 0 Å². The molecule has 2 aromatic rings. The summed E-state index contributed by atoms with van der Waals surface area (Å²) >= 11 is 12.0. The molecule has 2 amide bonds. The first-order valence-electron chi connectivity index (χ1n) is 8.90. The van der Waals surface area contributed by atoms with Crippen molar-refractivity contribution in [3.05, 3.63) is 46.4 Å². The minimum atomic E-state index is -0.591. The SMILES string of the molecule is COc1ccc(Cl)cc1NC(=O)CC(C)(C)CC(=O)Nc1cc(Cl)ccc1OC. The Balaban J connectivity index is 2.00. The van der Waals surface area contributed by atoms with E-state index in [1.54, 1.807) is 36.4 Å². The predicted molar refractivity (Wildman–Crippen MR) is 116 cm³/mol. The molecule has 0 bridgehead atoms. The van der Waals surface area contributed by atoms with E-state index in [4.69, 9.17) is 32.7 Å².